The molecule has 1 aromatic carbocycles. The third-order valence-electron chi connectivity index (χ3n) is 1.82. The number of rotatable bonds is 2. The van der Waals surface area contributed by atoms with Gasteiger partial charge in [0.2, 0.25) is 0 Å². The van der Waals surface area contributed by atoms with Crippen LogP contribution in [0.15, 0.2) is 23.3 Å². The highest BCUT2D eigenvalue weighted by Crippen LogP contribution is 2.01. The SMILES string of the molecule is Cc1ccc(BN=O)cc1C. The molecule has 0 amide bonds. The van der Waals surface area contributed by atoms with Crippen LogP contribution in [-0.4, -0.2) is 7.41 Å². The van der Waals surface area contributed by atoms with Gasteiger partial charge >= 0.3 is 7.41 Å². The van der Waals surface area contributed by atoms with Gasteiger partial charge in [-0.2, -0.15) is 4.91 Å². The fourth-order valence-electron chi connectivity index (χ4n) is 0.976. The van der Waals surface area contributed by atoms with Crippen molar-refractivity contribution in [1.82, 2.24) is 0 Å². The fraction of sp³-hybridized carbons (Fsp3) is 0.250. The van der Waals surface area contributed by atoms with Gasteiger partial charge < -0.3 is 0 Å². The van der Waals surface area contributed by atoms with Crippen molar-refractivity contribution in [2.75, 3.05) is 0 Å². The smallest absolute Gasteiger partial charge is 0.168 e. The predicted molar refractivity (Wildman–Crippen MR) is 48.5 cm³/mol. The van der Waals surface area contributed by atoms with Gasteiger partial charge in [-0.05, 0) is 25.0 Å². The van der Waals surface area contributed by atoms with Gasteiger partial charge in [-0.15, -0.1) is 5.09 Å². The van der Waals surface area contributed by atoms with E-state index in [0.29, 0.717) is 0 Å². The summed E-state index contributed by atoms with van der Waals surface area (Å²) in [5.74, 6) is 0. The normalized spacial score (nSPS) is 9.27. The Hall–Kier alpha value is -1.12. The van der Waals surface area contributed by atoms with Crippen molar-refractivity contribution in [2.24, 2.45) is 5.09 Å². The molecular weight excluding hydrogens is 137 g/mol. The topological polar surface area (TPSA) is 29.4 Å². The summed E-state index contributed by atoms with van der Waals surface area (Å²) in [7, 11) is 0.279. The maximum atomic E-state index is 9.92. The summed E-state index contributed by atoms with van der Waals surface area (Å²) in [6.07, 6.45) is 0. The molecule has 0 radical (unpaired) electrons. The highest BCUT2D eigenvalue weighted by molar-refractivity contribution is 6.51. The van der Waals surface area contributed by atoms with Gasteiger partial charge in [0.25, 0.3) is 0 Å². The molecule has 0 heterocycles. The first-order valence-corrected chi connectivity index (χ1v) is 3.59. The highest BCUT2D eigenvalue weighted by Gasteiger charge is 1.97. The van der Waals surface area contributed by atoms with E-state index in [2.05, 4.69) is 5.09 Å². The molecule has 0 aromatic heterocycles. The van der Waals surface area contributed by atoms with E-state index in [1.54, 1.807) is 0 Å². The number of benzene rings is 1. The molecule has 0 saturated carbocycles. The van der Waals surface area contributed by atoms with Crippen molar-refractivity contribution in [2.45, 2.75) is 13.8 Å². The second-order valence-electron chi connectivity index (χ2n) is 2.71. The quantitative estimate of drug-likeness (QED) is 0.454. The summed E-state index contributed by atoms with van der Waals surface area (Å²) >= 11 is 0. The number of hydrogen-bond acceptors (Lipinski definition) is 2. The molecule has 0 aliphatic carbocycles. The Kier molecular flexibility index (Phi) is 2.42. The van der Waals surface area contributed by atoms with Crippen LogP contribution < -0.4 is 5.46 Å². The van der Waals surface area contributed by atoms with Crippen molar-refractivity contribution < 1.29 is 0 Å². The Balaban J connectivity index is 2.95. The molecule has 0 saturated heterocycles. The minimum atomic E-state index is 0.279. The van der Waals surface area contributed by atoms with Gasteiger partial charge in [0.1, 0.15) is 0 Å². The van der Waals surface area contributed by atoms with Gasteiger partial charge in [-0.25, -0.2) is 0 Å². The Morgan fingerprint density at radius 1 is 1.27 bits per heavy atom. The molecule has 0 fully saturated rings. The zero-order valence-electron chi connectivity index (χ0n) is 6.79. The molecule has 0 aliphatic heterocycles. The summed E-state index contributed by atoms with van der Waals surface area (Å²) in [6.45, 7) is 4.08. The van der Waals surface area contributed by atoms with Crippen molar-refractivity contribution >= 4 is 12.9 Å². The molecular formula is C8H10BNO. The molecule has 0 aliphatic rings. The molecule has 0 atom stereocenters. The maximum Gasteiger partial charge on any atom is 0.352 e. The highest BCUT2D eigenvalue weighted by atomic mass is 16.2. The van der Waals surface area contributed by atoms with Crippen LogP contribution in [-0.2, 0) is 0 Å². The second-order valence-corrected chi connectivity index (χ2v) is 2.71. The average molecular weight is 147 g/mol. The van der Waals surface area contributed by atoms with E-state index in [1.807, 2.05) is 32.0 Å². The molecule has 0 N–H and O–H groups in total. The largest absolute Gasteiger partial charge is 0.352 e. The summed E-state index contributed by atoms with van der Waals surface area (Å²) in [5, 5.41) is 2.83. The summed E-state index contributed by atoms with van der Waals surface area (Å²) in [6, 6.07) is 5.94. The van der Waals surface area contributed by atoms with Gasteiger partial charge in [0.05, 0.1) is 0 Å². The first-order chi connectivity index (χ1) is 5.24. The van der Waals surface area contributed by atoms with Gasteiger partial charge in [0.15, 0.2) is 0 Å². The number of nitrogens with zero attached hydrogens (tertiary/aromatic N) is 1. The lowest BCUT2D eigenvalue weighted by atomic mass is 9.83. The van der Waals surface area contributed by atoms with Crippen LogP contribution in [0, 0.1) is 18.8 Å². The fourth-order valence-corrected chi connectivity index (χ4v) is 0.976. The Morgan fingerprint density at radius 3 is 2.55 bits per heavy atom. The molecule has 0 bridgehead atoms. The lowest BCUT2D eigenvalue weighted by molar-refractivity contribution is 1.35. The van der Waals surface area contributed by atoms with Crippen LogP contribution in [0.5, 0.6) is 0 Å². The van der Waals surface area contributed by atoms with E-state index in [1.165, 1.54) is 11.1 Å². The van der Waals surface area contributed by atoms with E-state index in [4.69, 9.17) is 0 Å². The van der Waals surface area contributed by atoms with Crippen molar-refractivity contribution in [3.05, 3.63) is 34.2 Å². The second kappa shape index (κ2) is 3.33. The molecule has 2 nitrogen and oxygen atoms in total. The number of hydrogen-bond donors (Lipinski definition) is 0. The van der Waals surface area contributed by atoms with E-state index in [-0.39, 0.29) is 7.41 Å². The van der Waals surface area contributed by atoms with Crippen molar-refractivity contribution in [3.63, 3.8) is 0 Å². The van der Waals surface area contributed by atoms with Crippen LogP contribution in [0.2, 0.25) is 0 Å². The minimum absolute atomic E-state index is 0.279. The first-order valence-electron chi connectivity index (χ1n) is 3.59. The lowest BCUT2D eigenvalue weighted by Crippen LogP contribution is -2.11. The molecule has 56 valence electrons. The van der Waals surface area contributed by atoms with Crippen molar-refractivity contribution in [1.29, 1.82) is 0 Å². The van der Waals surface area contributed by atoms with Gasteiger partial charge in [0, 0.05) is 0 Å². The number of aryl methyl sites for hydroxylation is 2. The summed E-state index contributed by atoms with van der Waals surface area (Å²) in [5.41, 5.74) is 3.45. The molecule has 1 aromatic rings. The standard InChI is InChI=1S/C8H10BNO/c1-6-3-4-8(9-10-11)5-7(6)2/h3-5,9H,1-2H3. The third-order valence-corrected chi connectivity index (χ3v) is 1.82. The summed E-state index contributed by atoms with van der Waals surface area (Å²) in [4.78, 5) is 9.92. The van der Waals surface area contributed by atoms with Gasteiger partial charge in [-0.3, -0.25) is 0 Å². The Bertz CT molecular complexity index is 273. The molecule has 0 spiro atoms. The summed E-state index contributed by atoms with van der Waals surface area (Å²) < 4.78 is 0. The van der Waals surface area contributed by atoms with Crippen molar-refractivity contribution in [3.8, 4) is 0 Å². The van der Waals surface area contributed by atoms with E-state index < -0.39 is 0 Å². The lowest BCUT2D eigenvalue weighted by Gasteiger charge is -1.99. The molecule has 1 rings (SSSR count). The molecule has 3 heteroatoms. The minimum Gasteiger partial charge on any atom is -0.168 e. The third kappa shape index (κ3) is 1.90. The van der Waals surface area contributed by atoms with Crippen LogP contribution in [0.3, 0.4) is 0 Å². The molecule has 0 unspecified atom stereocenters. The van der Waals surface area contributed by atoms with E-state index in [0.717, 1.165) is 5.46 Å². The van der Waals surface area contributed by atoms with Crippen LogP contribution in [0.1, 0.15) is 11.1 Å². The zero-order chi connectivity index (χ0) is 8.27. The Labute approximate surface area is 66.9 Å². The number of nitroso groups, excluding NO2 is 1. The predicted octanol–water partition coefficient (Wildman–Crippen LogP) is 1.05. The molecule has 11 heavy (non-hydrogen) atoms. The first kappa shape index (κ1) is 7.99. The monoisotopic (exact) mass is 147 g/mol. The van der Waals surface area contributed by atoms with Crippen LogP contribution in [0.4, 0.5) is 0 Å². The maximum absolute atomic E-state index is 9.92. The van der Waals surface area contributed by atoms with Crippen LogP contribution >= 0.6 is 0 Å². The van der Waals surface area contributed by atoms with E-state index >= 15 is 0 Å². The van der Waals surface area contributed by atoms with E-state index in [9.17, 15) is 4.91 Å². The Morgan fingerprint density at radius 2 is 2.00 bits per heavy atom. The average Bonchev–Trinajstić information content (AvgIpc) is 1.98. The van der Waals surface area contributed by atoms with Crippen LogP contribution in [0.25, 0.3) is 0 Å². The zero-order valence-corrected chi connectivity index (χ0v) is 6.79. The van der Waals surface area contributed by atoms with Gasteiger partial charge in [-0.1, -0.05) is 23.7 Å².